The van der Waals surface area contributed by atoms with Crippen LogP contribution < -0.4 is 10.5 Å². The Labute approximate surface area is 121 Å². The monoisotopic (exact) mass is 292 g/mol. The molecule has 2 unspecified atom stereocenters. The van der Waals surface area contributed by atoms with Gasteiger partial charge in [0.2, 0.25) is 5.95 Å². The van der Waals surface area contributed by atoms with Crippen molar-refractivity contribution in [3.8, 4) is 5.75 Å². The first-order valence-electron chi connectivity index (χ1n) is 6.72. The quantitative estimate of drug-likeness (QED) is 0.937. The summed E-state index contributed by atoms with van der Waals surface area (Å²) in [6.45, 7) is 0. The minimum Gasteiger partial charge on any atom is -0.494 e. The highest BCUT2D eigenvalue weighted by atomic mass is 19.1. The number of anilines is 1. The maximum atomic E-state index is 13.9. The number of benzene rings is 1. The lowest BCUT2D eigenvalue weighted by Crippen LogP contribution is -2.24. The molecule has 0 radical (unpaired) electrons. The van der Waals surface area contributed by atoms with Crippen LogP contribution in [-0.2, 0) is 4.74 Å². The normalized spacial score (nSPS) is 21.1. The molecule has 0 spiro atoms. The second kappa shape index (κ2) is 5.33. The van der Waals surface area contributed by atoms with Crippen molar-refractivity contribution in [3.63, 3.8) is 0 Å². The van der Waals surface area contributed by atoms with Crippen molar-refractivity contribution in [2.75, 3.05) is 20.0 Å². The molecule has 0 saturated carbocycles. The number of nitrogen functional groups attached to an aromatic ring is 1. The predicted octanol–water partition coefficient (Wildman–Crippen LogP) is 2.08. The molecule has 2 heterocycles. The lowest BCUT2D eigenvalue weighted by atomic mass is 9.96. The van der Waals surface area contributed by atoms with Gasteiger partial charge < -0.3 is 15.2 Å². The summed E-state index contributed by atoms with van der Waals surface area (Å²) in [6.07, 6.45) is 1.43. The van der Waals surface area contributed by atoms with Crippen LogP contribution in [0.15, 0.2) is 18.2 Å². The minimum atomic E-state index is -0.390. The van der Waals surface area contributed by atoms with Gasteiger partial charge >= 0.3 is 0 Å². The molecule has 1 aliphatic heterocycles. The average molecular weight is 292 g/mol. The molecule has 7 heteroatoms. The van der Waals surface area contributed by atoms with Gasteiger partial charge in [0.15, 0.2) is 17.4 Å². The number of nitrogens with two attached hydrogens (primary N) is 1. The Bertz CT molecular complexity index is 658. The largest absolute Gasteiger partial charge is 0.494 e. The highest BCUT2D eigenvalue weighted by molar-refractivity contribution is 5.32. The molecule has 112 valence electrons. The summed E-state index contributed by atoms with van der Waals surface area (Å²) in [6, 6.07) is 4.82. The highest BCUT2D eigenvalue weighted by Gasteiger charge is 2.31. The molecular formula is C14H17FN4O2. The summed E-state index contributed by atoms with van der Waals surface area (Å²) in [5.41, 5.74) is 6.51. The summed E-state index contributed by atoms with van der Waals surface area (Å²) < 4.78 is 26.0. The first kappa shape index (κ1) is 13.8. The molecule has 0 fully saturated rings. The Morgan fingerprint density at radius 3 is 2.81 bits per heavy atom. The second-order valence-electron chi connectivity index (χ2n) is 4.98. The highest BCUT2D eigenvalue weighted by Crippen LogP contribution is 2.37. The van der Waals surface area contributed by atoms with Crippen LogP contribution in [0.3, 0.4) is 0 Å². The number of hydrogen-bond donors (Lipinski definition) is 1. The number of rotatable bonds is 3. The fourth-order valence-electron chi connectivity index (χ4n) is 2.78. The third kappa shape index (κ3) is 2.33. The molecular weight excluding hydrogens is 275 g/mol. The third-order valence-electron chi connectivity index (χ3n) is 3.80. The van der Waals surface area contributed by atoms with Crippen LogP contribution in [0.5, 0.6) is 5.75 Å². The van der Waals surface area contributed by atoms with E-state index in [-0.39, 0.29) is 23.8 Å². The van der Waals surface area contributed by atoms with E-state index in [1.165, 1.54) is 13.2 Å². The smallest absolute Gasteiger partial charge is 0.239 e. The van der Waals surface area contributed by atoms with E-state index in [9.17, 15) is 4.39 Å². The maximum absolute atomic E-state index is 13.9. The van der Waals surface area contributed by atoms with Crippen molar-refractivity contribution in [2.45, 2.75) is 25.0 Å². The van der Waals surface area contributed by atoms with Gasteiger partial charge in [0, 0.05) is 7.11 Å². The Morgan fingerprint density at radius 1 is 1.33 bits per heavy atom. The molecule has 1 aromatic carbocycles. The third-order valence-corrected chi connectivity index (χ3v) is 3.80. The summed E-state index contributed by atoms with van der Waals surface area (Å²) in [5, 5.41) is 4.23. The molecule has 0 aliphatic carbocycles. The van der Waals surface area contributed by atoms with E-state index in [1.807, 2.05) is 6.07 Å². The fourth-order valence-corrected chi connectivity index (χ4v) is 2.78. The summed E-state index contributed by atoms with van der Waals surface area (Å²) >= 11 is 0. The average Bonchev–Trinajstić information content (AvgIpc) is 2.87. The van der Waals surface area contributed by atoms with Gasteiger partial charge in [0.05, 0.1) is 13.2 Å². The van der Waals surface area contributed by atoms with Crippen molar-refractivity contribution in [1.29, 1.82) is 0 Å². The van der Waals surface area contributed by atoms with Crippen LogP contribution in [0, 0.1) is 5.82 Å². The van der Waals surface area contributed by atoms with Gasteiger partial charge in [0.25, 0.3) is 0 Å². The fraction of sp³-hybridized carbons (Fsp3) is 0.429. The molecule has 0 amide bonds. The Kier molecular flexibility index (Phi) is 3.50. The van der Waals surface area contributed by atoms with Gasteiger partial charge in [-0.2, -0.15) is 4.98 Å². The molecule has 3 rings (SSSR count). The van der Waals surface area contributed by atoms with E-state index in [1.54, 1.807) is 17.9 Å². The first-order chi connectivity index (χ1) is 10.1. The number of ether oxygens (including phenoxy) is 2. The van der Waals surface area contributed by atoms with Gasteiger partial charge in [-0.1, -0.05) is 6.07 Å². The summed E-state index contributed by atoms with van der Waals surface area (Å²) in [7, 11) is 3.07. The van der Waals surface area contributed by atoms with E-state index < -0.39 is 5.82 Å². The lowest BCUT2D eigenvalue weighted by Gasteiger charge is -2.28. The Balaban J connectivity index is 2.01. The standard InChI is InChI=1S/C14H17FN4O2/c1-20-11-5-3-8(7-9(11)15)10-4-6-12(21-2)13-17-14(16)18-19(10)13/h3,5,7,10,12H,4,6H2,1-2H3,(H2,16,18). The summed E-state index contributed by atoms with van der Waals surface area (Å²) in [4.78, 5) is 4.22. The van der Waals surface area contributed by atoms with E-state index in [0.29, 0.717) is 5.82 Å². The zero-order valence-corrected chi connectivity index (χ0v) is 11.9. The van der Waals surface area contributed by atoms with Crippen molar-refractivity contribution in [1.82, 2.24) is 14.8 Å². The van der Waals surface area contributed by atoms with Gasteiger partial charge in [0.1, 0.15) is 6.10 Å². The molecule has 2 atom stereocenters. The topological polar surface area (TPSA) is 75.2 Å². The van der Waals surface area contributed by atoms with Crippen molar-refractivity contribution >= 4 is 5.95 Å². The van der Waals surface area contributed by atoms with Crippen molar-refractivity contribution < 1.29 is 13.9 Å². The molecule has 2 aromatic rings. The number of fused-ring (bicyclic) bond motifs is 1. The second-order valence-corrected chi connectivity index (χ2v) is 4.98. The lowest BCUT2D eigenvalue weighted by molar-refractivity contribution is 0.0648. The van der Waals surface area contributed by atoms with Gasteiger partial charge in [-0.25, -0.2) is 9.07 Å². The Morgan fingerprint density at radius 2 is 2.14 bits per heavy atom. The van der Waals surface area contributed by atoms with Crippen molar-refractivity contribution in [2.24, 2.45) is 0 Å². The van der Waals surface area contributed by atoms with Crippen molar-refractivity contribution in [3.05, 3.63) is 35.4 Å². The maximum Gasteiger partial charge on any atom is 0.239 e. The number of hydrogen-bond acceptors (Lipinski definition) is 5. The predicted molar refractivity (Wildman–Crippen MR) is 74.5 cm³/mol. The number of halogens is 1. The first-order valence-corrected chi connectivity index (χ1v) is 6.72. The van der Waals surface area contributed by atoms with Crippen LogP contribution in [0.4, 0.5) is 10.3 Å². The van der Waals surface area contributed by atoms with Gasteiger partial charge in [-0.3, -0.25) is 0 Å². The zero-order chi connectivity index (χ0) is 15.0. The van der Waals surface area contributed by atoms with Crippen LogP contribution in [0.1, 0.15) is 36.4 Å². The molecule has 1 aliphatic rings. The number of methoxy groups -OCH3 is 2. The van der Waals surface area contributed by atoms with E-state index in [2.05, 4.69) is 10.1 Å². The number of nitrogens with zero attached hydrogens (tertiary/aromatic N) is 3. The van der Waals surface area contributed by atoms with Crippen LogP contribution in [0.25, 0.3) is 0 Å². The van der Waals surface area contributed by atoms with E-state index >= 15 is 0 Å². The molecule has 2 N–H and O–H groups in total. The minimum absolute atomic E-state index is 0.100. The van der Waals surface area contributed by atoms with Crippen LogP contribution >= 0.6 is 0 Å². The molecule has 0 bridgehead atoms. The van der Waals surface area contributed by atoms with Crippen LogP contribution in [0.2, 0.25) is 0 Å². The number of aromatic nitrogens is 3. The molecule has 6 nitrogen and oxygen atoms in total. The summed E-state index contributed by atoms with van der Waals surface area (Å²) in [5.74, 6) is 0.719. The van der Waals surface area contributed by atoms with E-state index in [0.717, 1.165) is 18.4 Å². The zero-order valence-electron chi connectivity index (χ0n) is 11.9. The van der Waals surface area contributed by atoms with E-state index in [4.69, 9.17) is 15.2 Å². The molecule has 21 heavy (non-hydrogen) atoms. The molecule has 1 aromatic heterocycles. The SMILES string of the molecule is COc1ccc(C2CCC(OC)c3nc(N)nn32)cc1F. The van der Waals surface area contributed by atoms with Gasteiger partial charge in [-0.15, -0.1) is 5.10 Å². The molecule has 0 saturated heterocycles. The van der Waals surface area contributed by atoms with Gasteiger partial charge in [-0.05, 0) is 30.5 Å². The van der Waals surface area contributed by atoms with Crippen LogP contribution in [-0.4, -0.2) is 29.0 Å². The Hall–Kier alpha value is -2.15.